The number of hydrogen-bond acceptors (Lipinski definition) is 3. The number of methoxy groups -OCH3 is 1. The summed E-state index contributed by atoms with van der Waals surface area (Å²) in [6.45, 7) is 2.28. The summed E-state index contributed by atoms with van der Waals surface area (Å²) in [5, 5.41) is 0.726. The molecule has 1 aliphatic rings. The molecule has 1 unspecified atom stereocenters. The monoisotopic (exact) mass is 365 g/mol. The SMILES string of the molecule is COC(=O)C(C)CN(C(=O)CCCc1ccc(Cl)cc1)C1CCCC1. The van der Waals surface area contributed by atoms with E-state index in [0.29, 0.717) is 13.0 Å². The van der Waals surface area contributed by atoms with Crippen molar-refractivity contribution in [3.05, 3.63) is 34.9 Å². The summed E-state index contributed by atoms with van der Waals surface area (Å²) in [6, 6.07) is 8.03. The zero-order chi connectivity index (χ0) is 18.2. The second-order valence-corrected chi connectivity index (χ2v) is 7.33. The predicted molar refractivity (Wildman–Crippen MR) is 99.5 cm³/mol. The first-order chi connectivity index (χ1) is 12.0. The molecule has 1 atom stereocenters. The Morgan fingerprint density at radius 1 is 1.24 bits per heavy atom. The topological polar surface area (TPSA) is 46.6 Å². The molecule has 1 aromatic carbocycles. The summed E-state index contributed by atoms with van der Waals surface area (Å²) in [6.07, 6.45) is 6.56. The second-order valence-electron chi connectivity index (χ2n) is 6.89. The molecule has 1 fully saturated rings. The lowest BCUT2D eigenvalue weighted by Crippen LogP contribution is -2.43. The lowest BCUT2D eigenvalue weighted by molar-refractivity contribution is -0.147. The molecule has 25 heavy (non-hydrogen) atoms. The molecule has 0 heterocycles. The fourth-order valence-corrected chi connectivity index (χ4v) is 3.61. The van der Waals surface area contributed by atoms with Gasteiger partial charge in [-0.3, -0.25) is 9.59 Å². The average Bonchev–Trinajstić information content (AvgIpc) is 3.14. The van der Waals surface area contributed by atoms with E-state index in [1.165, 1.54) is 12.7 Å². The zero-order valence-electron chi connectivity index (χ0n) is 15.2. The zero-order valence-corrected chi connectivity index (χ0v) is 15.9. The van der Waals surface area contributed by atoms with Crippen molar-refractivity contribution in [2.24, 2.45) is 5.92 Å². The minimum atomic E-state index is -0.286. The van der Waals surface area contributed by atoms with E-state index >= 15 is 0 Å². The van der Waals surface area contributed by atoms with Gasteiger partial charge in [0.15, 0.2) is 0 Å². The quantitative estimate of drug-likeness (QED) is 0.647. The molecular formula is C20H28ClNO3. The number of benzene rings is 1. The van der Waals surface area contributed by atoms with Gasteiger partial charge in [-0.25, -0.2) is 0 Å². The van der Waals surface area contributed by atoms with Crippen LogP contribution in [0.15, 0.2) is 24.3 Å². The van der Waals surface area contributed by atoms with Crippen molar-refractivity contribution in [1.29, 1.82) is 0 Å². The summed E-state index contributed by atoms with van der Waals surface area (Å²) in [4.78, 5) is 26.4. The number of carbonyl (C=O) groups is 2. The molecule has 0 N–H and O–H groups in total. The Labute approximate surface area is 155 Å². The standard InChI is InChI=1S/C20H28ClNO3/c1-15(20(24)25-2)14-22(18-7-3-4-8-18)19(23)9-5-6-16-10-12-17(21)13-11-16/h10-13,15,18H,3-9,14H2,1-2H3. The number of amides is 1. The van der Waals surface area contributed by atoms with E-state index in [2.05, 4.69) is 0 Å². The van der Waals surface area contributed by atoms with E-state index in [1.807, 2.05) is 36.1 Å². The summed E-state index contributed by atoms with van der Waals surface area (Å²) in [5.74, 6) is -0.389. The Hall–Kier alpha value is -1.55. The summed E-state index contributed by atoms with van der Waals surface area (Å²) in [5.41, 5.74) is 1.19. The predicted octanol–water partition coefficient (Wildman–Crippen LogP) is 4.24. The Bertz CT molecular complexity index is 567. The van der Waals surface area contributed by atoms with E-state index < -0.39 is 0 Å². The van der Waals surface area contributed by atoms with Crippen molar-refractivity contribution in [1.82, 2.24) is 4.90 Å². The molecule has 0 aliphatic heterocycles. The highest BCUT2D eigenvalue weighted by Gasteiger charge is 2.29. The molecule has 0 saturated heterocycles. The Balaban J connectivity index is 1.90. The largest absolute Gasteiger partial charge is 0.469 e. The van der Waals surface area contributed by atoms with E-state index in [9.17, 15) is 9.59 Å². The summed E-state index contributed by atoms with van der Waals surface area (Å²) in [7, 11) is 1.40. The molecular weight excluding hydrogens is 338 g/mol. The van der Waals surface area contributed by atoms with E-state index in [-0.39, 0.29) is 23.8 Å². The molecule has 0 bridgehead atoms. The smallest absolute Gasteiger partial charge is 0.310 e. The van der Waals surface area contributed by atoms with Crippen LogP contribution in [-0.2, 0) is 20.7 Å². The molecule has 1 saturated carbocycles. The van der Waals surface area contributed by atoms with Crippen molar-refractivity contribution in [2.75, 3.05) is 13.7 Å². The maximum atomic E-state index is 12.8. The van der Waals surface area contributed by atoms with Crippen LogP contribution in [0.5, 0.6) is 0 Å². The van der Waals surface area contributed by atoms with Gasteiger partial charge < -0.3 is 9.64 Å². The van der Waals surface area contributed by atoms with Crippen LogP contribution in [0.1, 0.15) is 51.0 Å². The molecule has 1 aromatic rings. The minimum Gasteiger partial charge on any atom is -0.469 e. The van der Waals surface area contributed by atoms with Gasteiger partial charge in [0.25, 0.3) is 0 Å². The van der Waals surface area contributed by atoms with Gasteiger partial charge in [0.05, 0.1) is 13.0 Å². The summed E-state index contributed by atoms with van der Waals surface area (Å²) < 4.78 is 4.82. The Morgan fingerprint density at radius 3 is 2.48 bits per heavy atom. The number of rotatable bonds is 8. The van der Waals surface area contributed by atoms with Crippen molar-refractivity contribution in [2.45, 2.75) is 57.9 Å². The van der Waals surface area contributed by atoms with Crippen LogP contribution < -0.4 is 0 Å². The van der Waals surface area contributed by atoms with Crippen LogP contribution in [0, 0.1) is 5.92 Å². The van der Waals surface area contributed by atoms with Crippen LogP contribution in [0.4, 0.5) is 0 Å². The number of aryl methyl sites for hydroxylation is 1. The number of carbonyl (C=O) groups excluding carboxylic acids is 2. The van der Waals surface area contributed by atoms with Gasteiger partial charge in [0.2, 0.25) is 5.91 Å². The van der Waals surface area contributed by atoms with Gasteiger partial charge in [0, 0.05) is 24.0 Å². The van der Waals surface area contributed by atoms with Crippen LogP contribution in [-0.4, -0.2) is 36.5 Å². The van der Waals surface area contributed by atoms with Crippen molar-refractivity contribution >= 4 is 23.5 Å². The molecule has 2 rings (SSSR count). The lowest BCUT2D eigenvalue weighted by Gasteiger charge is -2.31. The molecule has 5 heteroatoms. The van der Waals surface area contributed by atoms with E-state index in [1.54, 1.807) is 0 Å². The molecule has 0 aromatic heterocycles. The third-order valence-electron chi connectivity index (χ3n) is 4.93. The first-order valence-electron chi connectivity index (χ1n) is 9.13. The van der Waals surface area contributed by atoms with Crippen LogP contribution >= 0.6 is 11.6 Å². The van der Waals surface area contributed by atoms with Gasteiger partial charge in [-0.15, -0.1) is 0 Å². The van der Waals surface area contributed by atoms with Crippen molar-refractivity contribution in [3.8, 4) is 0 Å². The minimum absolute atomic E-state index is 0.150. The van der Waals surface area contributed by atoms with Crippen LogP contribution in [0.3, 0.4) is 0 Å². The third-order valence-corrected chi connectivity index (χ3v) is 5.18. The van der Waals surface area contributed by atoms with Crippen molar-refractivity contribution in [3.63, 3.8) is 0 Å². The number of hydrogen-bond donors (Lipinski definition) is 0. The van der Waals surface area contributed by atoms with Crippen LogP contribution in [0.2, 0.25) is 5.02 Å². The highest BCUT2D eigenvalue weighted by molar-refractivity contribution is 6.30. The molecule has 0 spiro atoms. The van der Waals surface area contributed by atoms with Gasteiger partial charge in [0.1, 0.15) is 0 Å². The lowest BCUT2D eigenvalue weighted by atomic mass is 10.1. The molecule has 1 amide bonds. The number of ether oxygens (including phenoxy) is 1. The van der Waals surface area contributed by atoms with Gasteiger partial charge in [-0.05, 0) is 43.4 Å². The second kappa shape index (κ2) is 9.81. The number of esters is 1. The van der Waals surface area contributed by atoms with Crippen LogP contribution in [0.25, 0.3) is 0 Å². The van der Waals surface area contributed by atoms with Crippen molar-refractivity contribution < 1.29 is 14.3 Å². The molecule has 4 nitrogen and oxygen atoms in total. The average molecular weight is 366 g/mol. The normalized spacial score (nSPS) is 15.8. The van der Waals surface area contributed by atoms with Gasteiger partial charge >= 0.3 is 5.97 Å². The molecule has 1 aliphatic carbocycles. The maximum absolute atomic E-state index is 12.8. The maximum Gasteiger partial charge on any atom is 0.310 e. The Morgan fingerprint density at radius 2 is 1.88 bits per heavy atom. The fraction of sp³-hybridized carbons (Fsp3) is 0.600. The molecule has 138 valence electrons. The summed E-state index contributed by atoms with van der Waals surface area (Å²) >= 11 is 5.90. The first-order valence-corrected chi connectivity index (χ1v) is 9.50. The highest BCUT2D eigenvalue weighted by Crippen LogP contribution is 2.25. The third kappa shape index (κ3) is 6.03. The number of halogens is 1. The first kappa shape index (κ1) is 19.8. The van der Waals surface area contributed by atoms with E-state index in [4.69, 9.17) is 16.3 Å². The van der Waals surface area contributed by atoms with E-state index in [0.717, 1.165) is 43.5 Å². The van der Waals surface area contributed by atoms with Gasteiger partial charge in [-0.1, -0.05) is 43.5 Å². The fourth-order valence-electron chi connectivity index (χ4n) is 3.48. The highest BCUT2D eigenvalue weighted by atomic mass is 35.5. The van der Waals surface area contributed by atoms with Gasteiger partial charge in [-0.2, -0.15) is 0 Å². The Kier molecular flexibility index (Phi) is 7.76. The molecule has 0 radical (unpaired) electrons. The number of nitrogens with zero attached hydrogens (tertiary/aromatic N) is 1.